The third-order valence-electron chi connectivity index (χ3n) is 5.56. The average molecular weight is 507 g/mol. The SMILES string of the molecule is CSc1cc(C)nc(SC)c1NC(=O)CN1CCN(CCSc2nc3c(o2)=CCCN=3)CC1. The maximum Gasteiger partial charge on any atom is 0.258 e. The Kier molecular flexibility index (Phi) is 8.75. The van der Waals surface area contributed by atoms with E-state index in [2.05, 4.69) is 36.2 Å². The number of fused-ring (bicyclic) bond motifs is 1. The number of aryl methyl sites for hydroxylation is 1. The highest BCUT2D eigenvalue weighted by molar-refractivity contribution is 7.99. The molecular weight excluding hydrogens is 476 g/mol. The van der Waals surface area contributed by atoms with Crippen molar-refractivity contribution in [2.75, 3.05) is 69.4 Å². The zero-order valence-electron chi connectivity index (χ0n) is 19.3. The number of pyridine rings is 1. The largest absolute Gasteiger partial charge is 0.430 e. The van der Waals surface area contributed by atoms with Crippen LogP contribution in [0.4, 0.5) is 5.69 Å². The highest BCUT2D eigenvalue weighted by Gasteiger charge is 2.21. The third kappa shape index (κ3) is 6.54. The molecule has 0 aromatic carbocycles. The highest BCUT2D eigenvalue weighted by Crippen LogP contribution is 2.33. The van der Waals surface area contributed by atoms with Gasteiger partial charge in [-0.25, -0.2) is 4.98 Å². The number of anilines is 1. The lowest BCUT2D eigenvalue weighted by Gasteiger charge is -2.34. The molecule has 0 bridgehead atoms. The normalized spacial score (nSPS) is 16.7. The Morgan fingerprint density at radius 3 is 2.67 bits per heavy atom. The van der Waals surface area contributed by atoms with Crippen molar-refractivity contribution in [3.05, 3.63) is 22.7 Å². The maximum atomic E-state index is 12.8. The molecule has 178 valence electrons. The van der Waals surface area contributed by atoms with Gasteiger partial charge in [-0.2, -0.15) is 4.98 Å². The number of carbonyl (C=O) groups excluding carboxylic acids is 1. The fourth-order valence-corrected chi connectivity index (χ4v) is 5.96. The minimum atomic E-state index is 0.0188. The first-order valence-electron chi connectivity index (χ1n) is 11.0. The lowest BCUT2D eigenvalue weighted by atomic mass is 10.3. The van der Waals surface area contributed by atoms with Crippen molar-refractivity contribution < 1.29 is 9.21 Å². The summed E-state index contributed by atoms with van der Waals surface area (Å²) >= 11 is 4.84. The first kappa shape index (κ1) is 24.6. The van der Waals surface area contributed by atoms with Gasteiger partial charge in [-0.1, -0.05) is 11.8 Å². The number of hydrogen-bond donors (Lipinski definition) is 1. The van der Waals surface area contributed by atoms with E-state index >= 15 is 0 Å². The van der Waals surface area contributed by atoms with Crippen LogP contribution in [0.2, 0.25) is 0 Å². The number of aromatic nitrogens is 2. The summed E-state index contributed by atoms with van der Waals surface area (Å²) in [6.45, 7) is 7.84. The van der Waals surface area contributed by atoms with E-state index in [0.717, 1.165) is 83.6 Å². The molecule has 1 amide bonds. The number of thioether (sulfide) groups is 3. The molecule has 0 spiro atoms. The predicted octanol–water partition coefficient (Wildman–Crippen LogP) is 1.97. The average Bonchev–Trinajstić information content (AvgIpc) is 3.23. The number of nitrogens with one attached hydrogen (secondary N) is 1. The van der Waals surface area contributed by atoms with Gasteiger partial charge >= 0.3 is 0 Å². The molecule has 4 heterocycles. The Bertz CT molecular complexity index is 1040. The quantitative estimate of drug-likeness (QED) is 0.513. The zero-order chi connectivity index (χ0) is 23.2. The van der Waals surface area contributed by atoms with Crippen molar-refractivity contribution in [2.45, 2.75) is 28.5 Å². The summed E-state index contributed by atoms with van der Waals surface area (Å²) in [6.07, 6.45) is 7.00. The van der Waals surface area contributed by atoms with E-state index in [1.807, 2.05) is 25.5 Å². The Labute approximate surface area is 207 Å². The summed E-state index contributed by atoms with van der Waals surface area (Å²) in [5, 5.41) is 4.68. The third-order valence-corrected chi connectivity index (χ3v) is 7.81. The summed E-state index contributed by atoms with van der Waals surface area (Å²) in [4.78, 5) is 31.9. The molecule has 0 saturated carbocycles. The first-order chi connectivity index (χ1) is 16.1. The van der Waals surface area contributed by atoms with E-state index in [1.165, 1.54) is 0 Å². The molecule has 1 saturated heterocycles. The molecule has 11 heteroatoms. The number of nitrogens with zero attached hydrogens (tertiary/aromatic N) is 5. The van der Waals surface area contributed by atoms with Gasteiger partial charge in [0.15, 0.2) is 10.9 Å². The van der Waals surface area contributed by atoms with Crippen molar-refractivity contribution in [3.8, 4) is 0 Å². The molecule has 2 aliphatic rings. The molecule has 0 atom stereocenters. The monoisotopic (exact) mass is 506 g/mol. The van der Waals surface area contributed by atoms with Crippen LogP contribution in [0.1, 0.15) is 12.1 Å². The summed E-state index contributed by atoms with van der Waals surface area (Å²) < 4.78 is 5.77. The van der Waals surface area contributed by atoms with Gasteiger partial charge in [-0.3, -0.25) is 19.6 Å². The van der Waals surface area contributed by atoms with Gasteiger partial charge in [0.25, 0.3) is 5.22 Å². The second kappa shape index (κ2) is 11.7. The number of oxazole rings is 1. The van der Waals surface area contributed by atoms with Crippen LogP contribution in [-0.4, -0.2) is 89.8 Å². The van der Waals surface area contributed by atoms with E-state index < -0.39 is 0 Å². The van der Waals surface area contributed by atoms with Crippen LogP contribution in [0.25, 0.3) is 6.08 Å². The smallest absolute Gasteiger partial charge is 0.258 e. The van der Waals surface area contributed by atoms with Gasteiger partial charge in [-0.05, 0) is 38.0 Å². The van der Waals surface area contributed by atoms with Crippen molar-refractivity contribution in [3.63, 3.8) is 0 Å². The molecule has 2 aromatic rings. The van der Waals surface area contributed by atoms with Crippen molar-refractivity contribution >= 4 is 53.0 Å². The van der Waals surface area contributed by atoms with Crippen LogP contribution in [-0.2, 0) is 4.79 Å². The number of amides is 1. The molecular formula is C22H30N6O2S3. The van der Waals surface area contributed by atoms with Gasteiger partial charge in [0.1, 0.15) is 5.03 Å². The molecule has 0 radical (unpaired) electrons. The van der Waals surface area contributed by atoms with E-state index in [4.69, 9.17) is 4.42 Å². The summed E-state index contributed by atoms with van der Waals surface area (Å²) in [6, 6.07) is 2.03. The second-order valence-electron chi connectivity index (χ2n) is 7.91. The van der Waals surface area contributed by atoms with Crippen molar-refractivity contribution in [2.24, 2.45) is 4.99 Å². The minimum absolute atomic E-state index is 0.0188. The van der Waals surface area contributed by atoms with E-state index in [9.17, 15) is 4.79 Å². The van der Waals surface area contributed by atoms with Crippen molar-refractivity contribution in [1.29, 1.82) is 0 Å². The number of hydrogen-bond acceptors (Lipinski definition) is 10. The number of carbonyl (C=O) groups is 1. The maximum absolute atomic E-state index is 12.8. The Hall–Kier alpha value is -1.53. The van der Waals surface area contributed by atoms with Gasteiger partial charge in [-0.15, -0.1) is 23.5 Å². The molecule has 33 heavy (non-hydrogen) atoms. The summed E-state index contributed by atoms with van der Waals surface area (Å²) in [5.41, 5.74) is 3.35. The first-order valence-corrected chi connectivity index (χ1v) is 14.5. The second-order valence-corrected chi connectivity index (χ2v) is 10.6. The summed E-state index contributed by atoms with van der Waals surface area (Å²) in [5.74, 6) is 0.945. The lowest BCUT2D eigenvalue weighted by Crippen LogP contribution is -2.49. The fourth-order valence-electron chi connectivity index (χ4n) is 3.83. The van der Waals surface area contributed by atoms with Gasteiger partial charge in [0, 0.05) is 55.6 Å². The highest BCUT2D eigenvalue weighted by atomic mass is 32.2. The Balaban J connectivity index is 1.21. The van der Waals surface area contributed by atoms with Gasteiger partial charge in [0.05, 0.1) is 12.2 Å². The fraction of sp³-hybridized carbons (Fsp3) is 0.545. The van der Waals surface area contributed by atoms with Crippen LogP contribution in [0.3, 0.4) is 0 Å². The molecule has 8 nitrogen and oxygen atoms in total. The predicted molar refractivity (Wildman–Crippen MR) is 136 cm³/mol. The molecule has 4 rings (SSSR count). The van der Waals surface area contributed by atoms with E-state index in [-0.39, 0.29) is 5.91 Å². The molecule has 1 N–H and O–H groups in total. The Morgan fingerprint density at radius 2 is 1.94 bits per heavy atom. The molecule has 1 fully saturated rings. The summed E-state index contributed by atoms with van der Waals surface area (Å²) in [7, 11) is 0. The zero-order valence-corrected chi connectivity index (χ0v) is 21.7. The standard InChI is InChI=1S/C22H30N6O2S3/c1-15-13-17(31-2)19(21(24-15)32-3)25-18(29)14-28-9-7-27(8-10-28)11-12-33-22-26-20-16(30-22)5-4-6-23-20/h5,13H,4,6-12,14H2,1-3H3,(H,25,29). The van der Waals surface area contributed by atoms with E-state index in [0.29, 0.717) is 11.8 Å². The van der Waals surface area contributed by atoms with Crippen LogP contribution < -0.4 is 16.2 Å². The van der Waals surface area contributed by atoms with E-state index in [1.54, 1.807) is 35.3 Å². The topological polar surface area (TPSA) is 86.9 Å². The number of rotatable bonds is 9. The molecule has 2 aliphatic heterocycles. The van der Waals surface area contributed by atoms with Crippen LogP contribution in [0.15, 0.2) is 30.6 Å². The molecule has 0 aliphatic carbocycles. The van der Waals surface area contributed by atoms with Crippen molar-refractivity contribution in [1.82, 2.24) is 19.8 Å². The molecule has 0 unspecified atom stereocenters. The van der Waals surface area contributed by atoms with Gasteiger partial charge in [0.2, 0.25) is 5.91 Å². The van der Waals surface area contributed by atoms with Crippen LogP contribution in [0, 0.1) is 6.92 Å². The van der Waals surface area contributed by atoms with Gasteiger partial charge < -0.3 is 9.73 Å². The molecule has 2 aromatic heterocycles. The Morgan fingerprint density at radius 1 is 1.15 bits per heavy atom. The van der Waals surface area contributed by atoms with Crippen LogP contribution in [0.5, 0.6) is 0 Å². The number of piperazine rings is 1. The minimum Gasteiger partial charge on any atom is -0.430 e. The van der Waals surface area contributed by atoms with Crippen LogP contribution >= 0.6 is 35.3 Å². The lowest BCUT2D eigenvalue weighted by molar-refractivity contribution is -0.117.